The second-order valence-electron chi connectivity index (χ2n) is 6.80. The molecule has 0 unspecified atom stereocenters. The average Bonchev–Trinajstić information content (AvgIpc) is 3.13. The van der Waals surface area contributed by atoms with Gasteiger partial charge in [0.1, 0.15) is 0 Å². The van der Waals surface area contributed by atoms with E-state index in [1.165, 1.54) is 11.8 Å². The molecule has 2 aliphatic rings. The molecule has 3 amide bonds. The van der Waals surface area contributed by atoms with Crippen LogP contribution in [0.3, 0.4) is 0 Å². The molecule has 1 N–H and O–H groups in total. The zero-order valence-electron chi connectivity index (χ0n) is 15.4. The summed E-state index contributed by atoms with van der Waals surface area (Å²) >= 11 is 1.53. The lowest BCUT2D eigenvalue weighted by Crippen LogP contribution is -2.37. The van der Waals surface area contributed by atoms with Gasteiger partial charge in [0.25, 0.3) is 0 Å². The Morgan fingerprint density at radius 3 is 2.75 bits per heavy atom. The van der Waals surface area contributed by atoms with Crippen LogP contribution in [0.25, 0.3) is 0 Å². The fourth-order valence-corrected chi connectivity index (χ4v) is 4.44. The standard InChI is InChI=1S/C21H21N3O3S/c25-19(10-12-24-17-7-1-2-8-18(17)28-14-21(24)27)22-15-5-3-6-16(13-15)23-11-4-9-20(23)26/h1-3,5-8,13H,4,9-12,14H2,(H,22,25). The Kier molecular flexibility index (Phi) is 5.34. The highest BCUT2D eigenvalue weighted by molar-refractivity contribution is 8.00. The average molecular weight is 395 g/mol. The molecule has 6 nitrogen and oxygen atoms in total. The number of para-hydroxylation sites is 1. The Morgan fingerprint density at radius 2 is 1.93 bits per heavy atom. The third-order valence-corrected chi connectivity index (χ3v) is 5.93. The normalized spacial score (nSPS) is 16.3. The van der Waals surface area contributed by atoms with Crippen LogP contribution in [-0.4, -0.2) is 36.6 Å². The van der Waals surface area contributed by atoms with Gasteiger partial charge in [-0.3, -0.25) is 14.4 Å². The number of anilines is 3. The van der Waals surface area contributed by atoms with Crippen molar-refractivity contribution in [1.82, 2.24) is 0 Å². The number of nitrogens with one attached hydrogen (secondary N) is 1. The number of nitrogens with zero attached hydrogens (tertiary/aromatic N) is 2. The Hall–Kier alpha value is -2.80. The summed E-state index contributed by atoms with van der Waals surface area (Å²) in [4.78, 5) is 41.1. The molecule has 2 heterocycles. The molecule has 0 atom stereocenters. The van der Waals surface area contributed by atoms with Gasteiger partial charge in [0.15, 0.2) is 0 Å². The predicted molar refractivity (Wildman–Crippen MR) is 111 cm³/mol. The topological polar surface area (TPSA) is 69.7 Å². The second kappa shape index (κ2) is 8.06. The number of amides is 3. The van der Waals surface area contributed by atoms with E-state index in [2.05, 4.69) is 5.32 Å². The van der Waals surface area contributed by atoms with Crippen molar-refractivity contribution in [3.8, 4) is 0 Å². The van der Waals surface area contributed by atoms with Crippen LogP contribution in [0.5, 0.6) is 0 Å². The molecule has 0 radical (unpaired) electrons. The van der Waals surface area contributed by atoms with Gasteiger partial charge in [-0.05, 0) is 36.8 Å². The van der Waals surface area contributed by atoms with E-state index in [-0.39, 0.29) is 24.1 Å². The van der Waals surface area contributed by atoms with Gasteiger partial charge in [0.05, 0.1) is 11.4 Å². The van der Waals surface area contributed by atoms with Gasteiger partial charge in [0, 0.05) is 42.2 Å². The van der Waals surface area contributed by atoms with Crippen molar-refractivity contribution in [2.24, 2.45) is 0 Å². The van der Waals surface area contributed by atoms with Gasteiger partial charge >= 0.3 is 0 Å². The molecule has 28 heavy (non-hydrogen) atoms. The molecular weight excluding hydrogens is 374 g/mol. The first-order chi connectivity index (χ1) is 13.6. The van der Waals surface area contributed by atoms with Crippen molar-refractivity contribution in [2.75, 3.05) is 34.0 Å². The zero-order chi connectivity index (χ0) is 19.5. The van der Waals surface area contributed by atoms with E-state index >= 15 is 0 Å². The molecular formula is C21H21N3O3S. The van der Waals surface area contributed by atoms with Crippen LogP contribution < -0.4 is 15.1 Å². The maximum atomic E-state index is 12.4. The van der Waals surface area contributed by atoms with E-state index in [0.717, 1.165) is 22.7 Å². The smallest absolute Gasteiger partial charge is 0.237 e. The minimum atomic E-state index is -0.159. The van der Waals surface area contributed by atoms with Crippen LogP contribution in [0.4, 0.5) is 17.1 Å². The summed E-state index contributed by atoms with van der Waals surface area (Å²) in [5.74, 6) is 0.368. The lowest BCUT2D eigenvalue weighted by molar-refractivity contribution is -0.118. The van der Waals surface area contributed by atoms with Crippen molar-refractivity contribution >= 4 is 46.5 Å². The number of thioether (sulfide) groups is 1. The monoisotopic (exact) mass is 395 g/mol. The summed E-state index contributed by atoms with van der Waals surface area (Å²) in [5.41, 5.74) is 2.33. The summed E-state index contributed by atoms with van der Waals surface area (Å²) in [6.45, 7) is 1.05. The number of benzene rings is 2. The van der Waals surface area contributed by atoms with Crippen molar-refractivity contribution in [3.05, 3.63) is 48.5 Å². The molecule has 1 saturated heterocycles. The number of carbonyl (C=O) groups excluding carboxylic acids is 3. The molecule has 0 bridgehead atoms. The highest BCUT2D eigenvalue weighted by Crippen LogP contribution is 2.35. The first-order valence-electron chi connectivity index (χ1n) is 9.34. The van der Waals surface area contributed by atoms with Crippen LogP contribution in [-0.2, 0) is 14.4 Å². The molecule has 2 aromatic rings. The quantitative estimate of drug-likeness (QED) is 0.844. The van der Waals surface area contributed by atoms with E-state index in [9.17, 15) is 14.4 Å². The van der Waals surface area contributed by atoms with Crippen molar-refractivity contribution in [1.29, 1.82) is 0 Å². The molecule has 4 rings (SSSR count). The van der Waals surface area contributed by atoms with E-state index in [0.29, 0.717) is 31.0 Å². The van der Waals surface area contributed by atoms with E-state index in [4.69, 9.17) is 0 Å². The molecule has 0 aliphatic carbocycles. The maximum absolute atomic E-state index is 12.4. The minimum Gasteiger partial charge on any atom is -0.326 e. The SMILES string of the molecule is O=C(CCN1C(=O)CSc2ccccc21)Nc1cccc(N2CCCC2=O)c1. The number of hydrogen-bond acceptors (Lipinski definition) is 4. The Morgan fingerprint density at radius 1 is 1.07 bits per heavy atom. The summed E-state index contributed by atoms with van der Waals surface area (Å²) in [7, 11) is 0. The number of hydrogen-bond donors (Lipinski definition) is 1. The molecule has 0 aromatic heterocycles. The molecule has 1 fully saturated rings. The summed E-state index contributed by atoms with van der Waals surface area (Å²) in [5, 5.41) is 2.88. The Bertz CT molecular complexity index is 931. The third kappa shape index (κ3) is 3.89. The van der Waals surface area contributed by atoms with Crippen molar-refractivity contribution in [3.63, 3.8) is 0 Å². The van der Waals surface area contributed by atoms with Crippen LogP contribution in [0.1, 0.15) is 19.3 Å². The fourth-order valence-electron chi connectivity index (χ4n) is 3.51. The molecule has 0 spiro atoms. The largest absolute Gasteiger partial charge is 0.326 e. The first kappa shape index (κ1) is 18.6. The summed E-state index contributed by atoms with van der Waals surface area (Å²) in [6.07, 6.45) is 1.64. The zero-order valence-corrected chi connectivity index (χ0v) is 16.2. The van der Waals surface area contributed by atoms with Crippen LogP contribution >= 0.6 is 11.8 Å². The second-order valence-corrected chi connectivity index (χ2v) is 7.82. The molecule has 2 aliphatic heterocycles. The Balaban J connectivity index is 1.39. The van der Waals surface area contributed by atoms with Gasteiger partial charge in [-0.15, -0.1) is 11.8 Å². The number of rotatable bonds is 5. The lowest BCUT2D eigenvalue weighted by Gasteiger charge is -2.28. The van der Waals surface area contributed by atoms with Gasteiger partial charge in [-0.2, -0.15) is 0 Å². The van der Waals surface area contributed by atoms with Gasteiger partial charge in [-0.25, -0.2) is 0 Å². The minimum absolute atomic E-state index is 0.0195. The lowest BCUT2D eigenvalue weighted by atomic mass is 10.2. The van der Waals surface area contributed by atoms with Crippen LogP contribution in [0.15, 0.2) is 53.4 Å². The first-order valence-corrected chi connectivity index (χ1v) is 10.3. The highest BCUT2D eigenvalue weighted by Gasteiger charge is 2.25. The number of fused-ring (bicyclic) bond motifs is 1. The Labute approximate surface area is 167 Å². The molecule has 7 heteroatoms. The molecule has 0 saturated carbocycles. The highest BCUT2D eigenvalue weighted by atomic mass is 32.2. The predicted octanol–water partition coefficient (Wildman–Crippen LogP) is 3.28. The summed E-state index contributed by atoms with van der Waals surface area (Å²) < 4.78 is 0. The third-order valence-electron chi connectivity index (χ3n) is 4.89. The van der Waals surface area contributed by atoms with Gasteiger partial charge < -0.3 is 15.1 Å². The fraction of sp³-hybridized carbons (Fsp3) is 0.286. The molecule has 2 aromatic carbocycles. The summed E-state index contributed by atoms with van der Waals surface area (Å²) in [6, 6.07) is 15.1. The van der Waals surface area contributed by atoms with Crippen LogP contribution in [0, 0.1) is 0 Å². The van der Waals surface area contributed by atoms with Crippen molar-refractivity contribution < 1.29 is 14.4 Å². The van der Waals surface area contributed by atoms with Crippen molar-refractivity contribution in [2.45, 2.75) is 24.2 Å². The number of carbonyl (C=O) groups is 3. The van der Waals surface area contributed by atoms with E-state index in [1.54, 1.807) is 15.9 Å². The molecule has 144 valence electrons. The van der Waals surface area contributed by atoms with E-state index in [1.807, 2.05) is 42.5 Å². The van der Waals surface area contributed by atoms with Crippen LogP contribution in [0.2, 0.25) is 0 Å². The maximum Gasteiger partial charge on any atom is 0.237 e. The van der Waals surface area contributed by atoms with E-state index < -0.39 is 0 Å². The van der Waals surface area contributed by atoms with Gasteiger partial charge in [0.2, 0.25) is 17.7 Å². The van der Waals surface area contributed by atoms with Gasteiger partial charge in [-0.1, -0.05) is 18.2 Å².